The SMILES string of the molecule is O=C(O)C=Cc1ccc(C(=C(CCF)c2ccccc2)c2ccc3[nH]ncc3c2)cc1. The molecule has 0 bridgehead atoms. The van der Waals surface area contributed by atoms with Crippen molar-refractivity contribution in [2.24, 2.45) is 0 Å². The van der Waals surface area contributed by atoms with Gasteiger partial charge in [0, 0.05) is 17.9 Å². The van der Waals surface area contributed by atoms with Crippen molar-refractivity contribution in [3.63, 3.8) is 0 Å². The van der Waals surface area contributed by atoms with E-state index >= 15 is 0 Å². The third kappa shape index (κ3) is 4.61. The lowest BCUT2D eigenvalue weighted by Gasteiger charge is -2.17. The molecule has 4 nitrogen and oxygen atoms in total. The fourth-order valence-electron chi connectivity index (χ4n) is 3.69. The number of fused-ring (bicyclic) bond motifs is 1. The molecule has 2 N–H and O–H groups in total. The van der Waals surface area contributed by atoms with Gasteiger partial charge in [-0.2, -0.15) is 5.10 Å². The highest BCUT2D eigenvalue weighted by molar-refractivity contribution is 6.00. The van der Waals surface area contributed by atoms with E-state index in [0.29, 0.717) is 0 Å². The molecule has 0 atom stereocenters. The van der Waals surface area contributed by atoms with Gasteiger partial charge >= 0.3 is 5.97 Å². The quantitative estimate of drug-likeness (QED) is 0.290. The Bertz CT molecular complexity index is 1260. The van der Waals surface area contributed by atoms with E-state index in [0.717, 1.165) is 50.4 Å². The number of allylic oxidation sites excluding steroid dienone is 1. The van der Waals surface area contributed by atoms with Gasteiger partial charge in [-0.15, -0.1) is 0 Å². The van der Waals surface area contributed by atoms with Crippen LogP contribution < -0.4 is 0 Å². The van der Waals surface area contributed by atoms with Crippen molar-refractivity contribution in [3.8, 4) is 0 Å². The van der Waals surface area contributed by atoms with Gasteiger partial charge in [0.2, 0.25) is 0 Å². The Kier molecular flexibility index (Phi) is 6.03. The van der Waals surface area contributed by atoms with Crippen molar-refractivity contribution in [3.05, 3.63) is 107 Å². The summed E-state index contributed by atoms with van der Waals surface area (Å²) in [5.74, 6) is -0.993. The molecule has 154 valence electrons. The number of nitrogens with one attached hydrogen (secondary N) is 1. The van der Waals surface area contributed by atoms with Gasteiger partial charge < -0.3 is 5.11 Å². The third-order valence-corrected chi connectivity index (χ3v) is 5.12. The summed E-state index contributed by atoms with van der Waals surface area (Å²) in [6, 6.07) is 23.5. The second-order valence-electron chi connectivity index (χ2n) is 7.12. The van der Waals surface area contributed by atoms with Crippen molar-refractivity contribution in [1.82, 2.24) is 10.2 Å². The summed E-state index contributed by atoms with van der Waals surface area (Å²) in [6.45, 7) is -0.471. The number of halogens is 1. The van der Waals surface area contributed by atoms with Crippen LogP contribution >= 0.6 is 0 Å². The van der Waals surface area contributed by atoms with Crippen LogP contribution in [0.3, 0.4) is 0 Å². The van der Waals surface area contributed by atoms with Gasteiger partial charge in [0.15, 0.2) is 0 Å². The summed E-state index contributed by atoms with van der Waals surface area (Å²) in [4.78, 5) is 10.8. The fraction of sp³-hybridized carbons (Fsp3) is 0.0769. The Morgan fingerprint density at radius 3 is 2.42 bits per heavy atom. The molecule has 5 heteroatoms. The molecule has 31 heavy (non-hydrogen) atoms. The van der Waals surface area contributed by atoms with Gasteiger partial charge in [-0.3, -0.25) is 9.49 Å². The van der Waals surface area contributed by atoms with Crippen LogP contribution in [0.25, 0.3) is 28.1 Å². The van der Waals surface area contributed by atoms with Gasteiger partial charge in [0.1, 0.15) is 0 Å². The van der Waals surface area contributed by atoms with Crippen LogP contribution in [0.2, 0.25) is 0 Å². The molecule has 0 saturated carbocycles. The van der Waals surface area contributed by atoms with E-state index in [4.69, 9.17) is 5.11 Å². The lowest BCUT2D eigenvalue weighted by molar-refractivity contribution is -0.131. The molecule has 0 aliphatic heterocycles. The summed E-state index contributed by atoms with van der Waals surface area (Å²) < 4.78 is 13.7. The molecule has 4 aromatic rings. The number of benzene rings is 3. The molecular formula is C26H21FN2O2. The molecule has 0 fully saturated rings. The summed E-state index contributed by atoms with van der Waals surface area (Å²) >= 11 is 0. The van der Waals surface area contributed by atoms with E-state index in [9.17, 15) is 9.18 Å². The van der Waals surface area contributed by atoms with E-state index < -0.39 is 12.6 Å². The maximum absolute atomic E-state index is 13.7. The van der Waals surface area contributed by atoms with Crippen molar-refractivity contribution >= 4 is 34.1 Å². The Morgan fingerprint density at radius 1 is 0.968 bits per heavy atom. The number of hydrogen-bond acceptors (Lipinski definition) is 2. The van der Waals surface area contributed by atoms with Crippen LogP contribution in [0, 0.1) is 0 Å². The zero-order valence-corrected chi connectivity index (χ0v) is 16.8. The molecule has 0 saturated heterocycles. The minimum Gasteiger partial charge on any atom is -0.478 e. The highest BCUT2D eigenvalue weighted by atomic mass is 19.1. The zero-order chi connectivity index (χ0) is 21.6. The normalized spacial score (nSPS) is 12.3. The Morgan fingerprint density at radius 2 is 1.71 bits per heavy atom. The Labute approximate surface area is 179 Å². The first-order valence-electron chi connectivity index (χ1n) is 9.95. The maximum atomic E-state index is 13.7. The summed E-state index contributed by atoms with van der Waals surface area (Å²) in [5, 5.41) is 16.9. The first-order chi connectivity index (χ1) is 15.2. The number of alkyl halides is 1. The van der Waals surface area contributed by atoms with Crippen LogP contribution in [-0.4, -0.2) is 27.9 Å². The van der Waals surface area contributed by atoms with Gasteiger partial charge in [-0.05, 0) is 51.6 Å². The Hall–Kier alpha value is -3.99. The smallest absolute Gasteiger partial charge is 0.328 e. The molecule has 0 aliphatic rings. The van der Waals surface area contributed by atoms with Crippen LogP contribution in [0.1, 0.15) is 28.7 Å². The number of rotatable bonds is 7. The number of carbonyl (C=O) groups is 1. The molecule has 1 aromatic heterocycles. The van der Waals surface area contributed by atoms with E-state index in [1.807, 2.05) is 72.8 Å². The average Bonchev–Trinajstić information content (AvgIpc) is 3.27. The lowest BCUT2D eigenvalue weighted by atomic mass is 9.87. The van der Waals surface area contributed by atoms with Crippen LogP contribution in [0.15, 0.2) is 85.1 Å². The topological polar surface area (TPSA) is 66.0 Å². The first kappa shape index (κ1) is 20.3. The third-order valence-electron chi connectivity index (χ3n) is 5.12. The van der Waals surface area contributed by atoms with Crippen molar-refractivity contribution in [1.29, 1.82) is 0 Å². The van der Waals surface area contributed by atoms with E-state index in [2.05, 4.69) is 10.2 Å². The van der Waals surface area contributed by atoms with Crippen molar-refractivity contribution in [2.75, 3.05) is 6.67 Å². The molecule has 0 unspecified atom stereocenters. The van der Waals surface area contributed by atoms with Crippen molar-refractivity contribution in [2.45, 2.75) is 6.42 Å². The summed E-state index contributed by atoms with van der Waals surface area (Å²) in [7, 11) is 0. The van der Waals surface area contributed by atoms with Crippen LogP contribution in [-0.2, 0) is 4.79 Å². The van der Waals surface area contributed by atoms with Gasteiger partial charge in [-0.25, -0.2) is 4.79 Å². The number of carboxylic acid groups (broad SMARTS) is 1. The zero-order valence-electron chi connectivity index (χ0n) is 16.8. The minimum absolute atomic E-state index is 0.281. The molecule has 0 spiro atoms. The predicted molar refractivity (Wildman–Crippen MR) is 122 cm³/mol. The van der Waals surface area contributed by atoms with E-state index in [1.54, 1.807) is 12.3 Å². The molecule has 1 heterocycles. The molecule has 0 aliphatic carbocycles. The minimum atomic E-state index is -0.993. The second-order valence-corrected chi connectivity index (χ2v) is 7.12. The number of aromatic nitrogens is 2. The largest absolute Gasteiger partial charge is 0.478 e. The van der Waals surface area contributed by atoms with Gasteiger partial charge in [-0.1, -0.05) is 60.7 Å². The number of H-pyrrole nitrogens is 1. The highest BCUT2D eigenvalue weighted by Crippen LogP contribution is 2.35. The maximum Gasteiger partial charge on any atom is 0.328 e. The van der Waals surface area contributed by atoms with E-state index in [-0.39, 0.29) is 6.42 Å². The molecule has 0 amide bonds. The Balaban J connectivity index is 1.91. The van der Waals surface area contributed by atoms with E-state index in [1.165, 1.54) is 0 Å². The van der Waals surface area contributed by atoms with Gasteiger partial charge in [0.05, 0.1) is 18.4 Å². The predicted octanol–water partition coefficient (Wildman–Crippen LogP) is 5.98. The second kappa shape index (κ2) is 9.22. The fourth-order valence-corrected chi connectivity index (χ4v) is 3.69. The first-order valence-corrected chi connectivity index (χ1v) is 9.95. The number of carboxylic acids is 1. The number of aliphatic carboxylic acids is 1. The number of hydrogen-bond donors (Lipinski definition) is 2. The summed E-state index contributed by atoms with van der Waals surface area (Å²) in [6.07, 6.45) is 4.71. The lowest BCUT2D eigenvalue weighted by Crippen LogP contribution is -1.97. The molecule has 4 rings (SSSR count). The van der Waals surface area contributed by atoms with Crippen LogP contribution in [0.4, 0.5) is 4.39 Å². The molecule has 0 radical (unpaired) electrons. The number of aromatic amines is 1. The molecular weight excluding hydrogens is 391 g/mol. The summed E-state index contributed by atoms with van der Waals surface area (Å²) in [5.41, 5.74) is 6.45. The highest BCUT2D eigenvalue weighted by Gasteiger charge is 2.15. The monoisotopic (exact) mass is 412 g/mol. The standard InChI is InChI=1S/C26H21FN2O2/c27-15-14-23(19-4-2-1-3-5-19)26(21-11-12-24-22(16-21)17-28-29-24)20-9-6-18(7-10-20)8-13-25(30)31/h1-13,16-17H,14-15H2,(H,28,29)(H,30,31). The van der Waals surface area contributed by atoms with Gasteiger partial charge in [0.25, 0.3) is 0 Å². The molecule has 3 aromatic carbocycles. The van der Waals surface area contributed by atoms with Crippen LogP contribution in [0.5, 0.6) is 0 Å². The van der Waals surface area contributed by atoms with Crippen molar-refractivity contribution < 1.29 is 14.3 Å². The average molecular weight is 412 g/mol. The number of nitrogens with zero attached hydrogens (tertiary/aromatic N) is 1.